The Morgan fingerprint density at radius 3 is 2.54 bits per heavy atom. The van der Waals surface area contributed by atoms with E-state index in [1.807, 2.05) is 30.3 Å². The van der Waals surface area contributed by atoms with Gasteiger partial charge in [0.1, 0.15) is 0 Å². The third kappa shape index (κ3) is 3.77. The number of hydrogen-bond acceptors (Lipinski definition) is 4. The first-order chi connectivity index (χ1) is 12.8. The molecule has 2 heterocycles. The molecule has 0 bridgehead atoms. The van der Waals surface area contributed by atoms with E-state index in [9.17, 15) is 0 Å². The number of thiophene rings is 1. The maximum atomic E-state index is 5.92. The summed E-state index contributed by atoms with van der Waals surface area (Å²) in [6.07, 6.45) is 1.79. The summed E-state index contributed by atoms with van der Waals surface area (Å²) in [6, 6.07) is 23.1. The molecule has 0 radical (unpaired) electrons. The van der Waals surface area contributed by atoms with Crippen molar-refractivity contribution in [3.05, 3.63) is 100 Å². The van der Waals surface area contributed by atoms with E-state index < -0.39 is 0 Å². The van der Waals surface area contributed by atoms with Gasteiger partial charge in [0.25, 0.3) is 0 Å². The zero-order valence-electron chi connectivity index (χ0n) is 14.6. The van der Waals surface area contributed by atoms with Crippen LogP contribution in [0.1, 0.15) is 27.9 Å². The summed E-state index contributed by atoms with van der Waals surface area (Å²) in [7, 11) is 0. The van der Waals surface area contributed by atoms with Crippen LogP contribution in [0.2, 0.25) is 0 Å². The van der Waals surface area contributed by atoms with Crippen LogP contribution in [0.25, 0.3) is 11.3 Å². The van der Waals surface area contributed by atoms with E-state index in [0.717, 1.165) is 11.3 Å². The Balaban J connectivity index is 1.52. The van der Waals surface area contributed by atoms with Crippen LogP contribution < -0.4 is 5.32 Å². The zero-order valence-corrected chi connectivity index (χ0v) is 15.4. The fourth-order valence-electron chi connectivity index (χ4n) is 2.91. The van der Waals surface area contributed by atoms with E-state index in [1.165, 1.54) is 16.0 Å². The zero-order chi connectivity index (χ0) is 17.8. The molecule has 0 aliphatic heterocycles. The maximum absolute atomic E-state index is 5.92. The lowest BCUT2D eigenvalue weighted by Gasteiger charge is -2.17. The van der Waals surface area contributed by atoms with E-state index in [1.54, 1.807) is 17.5 Å². The highest BCUT2D eigenvalue weighted by molar-refractivity contribution is 7.10. The number of aromatic nitrogens is 1. The van der Waals surface area contributed by atoms with Crippen LogP contribution >= 0.6 is 11.3 Å². The summed E-state index contributed by atoms with van der Waals surface area (Å²) >= 11 is 1.75. The fourth-order valence-corrected chi connectivity index (χ4v) is 3.74. The van der Waals surface area contributed by atoms with E-state index in [2.05, 4.69) is 59.0 Å². The normalized spacial score (nSPS) is 12.2. The van der Waals surface area contributed by atoms with Gasteiger partial charge < -0.3 is 4.42 Å². The molecule has 0 unspecified atom stereocenters. The van der Waals surface area contributed by atoms with Crippen molar-refractivity contribution in [1.82, 2.24) is 10.3 Å². The van der Waals surface area contributed by atoms with E-state index in [4.69, 9.17) is 4.42 Å². The van der Waals surface area contributed by atoms with Crippen molar-refractivity contribution in [2.45, 2.75) is 19.5 Å². The van der Waals surface area contributed by atoms with Crippen molar-refractivity contribution in [1.29, 1.82) is 0 Å². The van der Waals surface area contributed by atoms with Crippen molar-refractivity contribution in [2.75, 3.05) is 0 Å². The van der Waals surface area contributed by atoms with Gasteiger partial charge in [-0.3, -0.25) is 5.32 Å². The quantitative estimate of drug-likeness (QED) is 0.487. The molecule has 0 aliphatic rings. The molecular weight excluding hydrogens is 340 g/mol. The molecule has 2 aromatic heterocycles. The molecule has 26 heavy (non-hydrogen) atoms. The Labute approximate surface area is 157 Å². The molecule has 1 N–H and O–H groups in total. The Morgan fingerprint density at radius 1 is 1.00 bits per heavy atom. The number of nitrogens with zero attached hydrogens (tertiary/aromatic N) is 1. The number of aryl methyl sites for hydroxylation is 1. The standard InChI is InChI=1S/C22H20N2OS/c1-16-9-11-18(12-10-16)22(20-8-5-13-26-20)24-15-21-23-14-19(25-21)17-6-3-2-4-7-17/h2-14,22,24H,15H2,1H3/t22-/m1/s1. The topological polar surface area (TPSA) is 38.1 Å². The van der Waals surface area contributed by atoms with Crippen molar-refractivity contribution >= 4 is 11.3 Å². The minimum absolute atomic E-state index is 0.127. The molecule has 0 fully saturated rings. The molecule has 0 aliphatic carbocycles. The van der Waals surface area contributed by atoms with Crippen LogP contribution in [0.15, 0.2) is 82.7 Å². The van der Waals surface area contributed by atoms with Gasteiger partial charge in [-0.25, -0.2) is 4.98 Å². The Hall–Kier alpha value is -2.69. The van der Waals surface area contributed by atoms with Gasteiger partial charge in [-0.15, -0.1) is 11.3 Å². The lowest BCUT2D eigenvalue weighted by atomic mass is 10.0. The second-order valence-electron chi connectivity index (χ2n) is 6.22. The molecule has 0 saturated heterocycles. The number of oxazole rings is 1. The molecule has 130 valence electrons. The number of benzene rings is 2. The van der Waals surface area contributed by atoms with E-state index in [0.29, 0.717) is 12.4 Å². The Bertz CT molecular complexity index is 944. The summed E-state index contributed by atoms with van der Waals surface area (Å²) in [4.78, 5) is 5.71. The van der Waals surface area contributed by atoms with Gasteiger partial charge in [0, 0.05) is 10.4 Å². The molecule has 4 heteroatoms. The molecule has 0 saturated carbocycles. The molecule has 0 amide bonds. The number of nitrogens with one attached hydrogen (secondary N) is 1. The Kier molecular flexibility index (Phi) is 4.95. The highest BCUT2D eigenvalue weighted by Gasteiger charge is 2.16. The molecule has 3 nitrogen and oxygen atoms in total. The minimum atomic E-state index is 0.127. The summed E-state index contributed by atoms with van der Waals surface area (Å²) < 4.78 is 5.92. The second-order valence-corrected chi connectivity index (χ2v) is 7.20. The van der Waals surface area contributed by atoms with Crippen molar-refractivity contribution in [3.63, 3.8) is 0 Å². The molecule has 4 rings (SSSR count). The predicted molar refractivity (Wildman–Crippen MR) is 106 cm³/mol. The molecule has 2 aromatic carbocycles. The molecule has 4 aromatic rings. The fraction of sp³-hybridized carbons (Fsp3) is 0.136. The summed E-state index contributed by atoms with van der Waals surface area (Å²) in [5.41, 5.74) is 3.55. The van der Waals surface area contributed by atoms with Crippen LogP contribution in [0, 0.1) is 6.92 Å². The number of rotatable bonds is 6. The van der Waals surface area contributed by atoms with E-state index in [-0.39, 0.29) is 6.04 Å². The molecular formula is C22H20N2OS. The van der Waals surface area contributed by atoms with Crippen molar-refractivity contribution in [3.8, 4) is 11.3 Å². The van der Waals surface area contributed by atoms with Gasteiger partial charge in [0.2, 0.25) is 5.89 Å². The van der Waals surface area contributed by atoms with Gasteiger partial charge in [-0.05, 0) is 23.9 Å². The summed E-state index contributed by atoms with van der Waals surface area (Å²) in [5, 5.41) is 5.70. The van der Waals surface area contributed by atoms with E-state index >= 15 is 0 Å². The Morgan fingerprint density at radius 2 is 1.81 bits per heavy atom. The third-order valence-corrected chi connectivity index (χ3v) is 5.24. The van der Waals surface area contributed by atoms with Gasteiger partial charge in [0.05, 0.1) is 18.8 Å². The van der Waals surface area contributed by atoms with Crippen LogP contribution in [-0.4, -0.2) is 4.98 Å². The lowest BCUT2D eigenvalue weighted by Crippen LogP contribution is -2.21. The first-order valence-electron chi connectivity index (χ1n) is 8.63. The van der Waals surface area contributed by atoms with Crippen molar-refractivity contribution in [2.24, 2.45) is 0 Å². The highest BCUT2D eigenvalue weighted by Crippen LogP contribution is 2.27. The maximum Gasteiger partial charge on any atom is 0.208 e. The first kappa shape index (κ1) is 16.8. The van der Waals surface area contributed by atoms with Gasteiger partial charge in [0.15, 0.2) is 5.76 Å². The van der Waals surface area contributed by atoms with Gasteiger partial charge >= 0.3 is 0 Å². The second kappa shape index (κ2) is 7.68. The average molecular weight is 360 g/mol. The molecule has 1 atom stereocenters. The van der Waals surface area contributed by atoms with Crippen LogP contribution in [-0.2, 0) is 6.54 Å². The lowest BCUT2D eigenvalue weighted by molar-refractivity contribution is 0.464. The highest BCUT2D eigenvalue weighted by atomic mass is 32.1. The largest absolute Gasteiger partial charge is 0.439 e. The summed E-state index contributed by atoms with van der Waals surface area (Å²) in [6.45, 7) is 2.68. The predicted octanol–water partition coefficient (Wildman–Crippen LogP) is 5.59. The van der Waals surface area contributed by atoms with Crippen molar-refractivity contribution < 1.29 is 4.42 Å². The third-order valence-electron chi connectivity index (χ3n) is 4.31. The van der Waals surface area contributed by atoms with Crippen LogP contribution in [0.4, 0.5) is 0 Å². The van der Waals surface area contributed by atoms with Gasteiger partial charge in [-0.2, -0.15) is 0 Å². The minimum Gasteiger partial charge on any atom is -0.439 e. The first-order valence-corrected chi connectivity index (χ1v) is 9.51. The average Bonchev–Trinajstić information content (AvgIpc) is 3.36. The smallest absolute Gasteiger partial charge is 0.208 e. The summed E-state index contributed by atoms with van der Waals surface area (Å²) in [5.74, 6) is 1.49. The van der Waals surface area contributed by atoms with Crippen LogP contribution in [0.3, 0.4) is 0 Å². The van der Waals surface area contributed by atoms with Crippen LogP contribution in [0.5, 0.6) is 0 Å². The number of hydrogen-bond donors (Lipinski definition) is 1. The van der Waals surface area contributed by atoms with Gasteiger partial charge in [-0.1, -0.05) is 66.2 Å². The molecule has 0 spiro atoms. The SMILES string of the molecule is Cc1ccc([C@@H](NCc2ncc(-c3ccccc3)o2)c2cccs2)cc1. The monoisotopic (exact) mass is 360 g/mol.